The number of hydrogen-bond acceptors (Lipinski definition) is 4. The number of nitrogens with one attached hydrogen (secondary N) is 1. The summed E-state index contributed by atoms with van der Waals surface area (Å²) >= 11 is 0. The van der Waals surface area contributed by atoms with E-state index in [1.807, 2.05) is 4.90 Å². The average Bonchev–Trinajstić information content (AvgIpc) is 2.75. The van der Waals surface area contributed by atoms with Crippen LogP contribution in [0.2, 0.25) is 0 Å². The lowest BCUT2D eigenvalue weighted by atomic mass is 9.99. The maximum absolute atomic E-state index is 12.6. The fraction of sp³-hybridized carbons (Fsp3) is 0.933. The van der Waals surface area contributed by atoms with Crippen LogP contribution < -0.4 is 5.32 Å². The second-order valence-corrected chi connectivity index (χ2v) is 6.20. The summed E-state index contributed by atoms with van der Waals surface area (Å²) in [5, 5.41) is 3.50. The SMILES string of the molecule is CCC(C)C1NC(CC)N(CC2CN(C)CCO2)C1=O. The fourth-order valence-electron chi connectivity index (χ4n) is 3.10. The van der Waals surface area contributed by atoms with Crippen LogP contribution in [0, 0.1) is 5.92 Å². The van der Waals surface area contributed by atoms with Crippen LogP contribution in [0.4, 0.5) is 0 Å². The third-order valence-corrected chi connectivity index (χ3v) is 4.64. The molecule has 0 aliphatic carbocycles. The van der Waals surface area contributed by atoms with Gasteiger partial charge >= 0.3 is 0 Å². The third-order valence-electron chi connectivity index (χ3n) is 4.64. The summed E-state index contributed by atoms with van der Waals surface area (Å²) < 4.78 is 5.81. The number of morpholine rings is 1. The molecule has 2 saturated heterocycles. The molecule has 2 aliphatic heterocycles. The maximum atomic E-state index is 12.6. The first-order valence-electron chi connectivity index (χ1n) is 7.93. The minimum atomic E-state index is -0.0220. The van der Waals surface area contributed by atoms with Crippen molar-refractivity contribution in [3.05, 3.63) is 0 Å². The van der Waals surface area contributed by atoms with Crippen LogP contribution in [0.3, 0.4) is 0 Å². The largest absolute Gasteiger partial charge is 0.374 e. The Balaban J connectivity index is 1.99. The first-order valence-corrected chi connectivity index (χ1v) is 7.93. The van der Waals surface area contributed by atoms with Crippen LogP contribution in [-0.4, -0.2) is 67.3 Å². The number of hydrogen-bond donors (Lipinski definition) is 1. The van der Waals surface area contributed by atoms with E-state index in [2.05, 4.69) is 38.0 Å². The first kappa shape index (κ1) is 15.7. The molecule has 4 atom stereocenters. The van der Waals surface area contributed by atoms with Crippen LogP contribution in [0.25, 0.3) is 0 Å². The van der Waals surface area contributed by atoms with E-state index in [1.165, 1.54) is 0 Å². The van der Waals surface area contributed by atoms with Gasteiger partial charge in [0.25, 0.3) is 0 Å². The van der Waals surface area contributed by atoms with E-state index in [4.69, 9.17) is 4.74 Å². The third kappa shape index (κ3) is 3.32. The Hall–Kier alpha value is -0.650. The lowest BCUT2D eigenvalue weighted by molar-refractivity contribution is -0.134. The van der Waals surface area contributed by atoms with Crippen molar-refractivity contribution in [2.24, 2.45) is 5.92 Å². The number of carbonyl (C=O) groups is 1. The van der Waals surface area contributed by atoms with E-state index in [0.29, 0.717) is 12.5 Å². The van der Waals surface area contributed by atoms with E-state index >= 15 is 0 Å². The highest BCUT2D eigenvalue weighted by molar-refractivity contribution is 5.84. The number of amides is 1. The van der Waals surface area contributed by atoms with Crippen LogP contribution >= 0.6 is 0 Å². The second kappa shape index (κ2) is 6.87. The predicted octanol–water partition coefficient (Wildman–Crippen LogP) is 0.900. The van der Waals surface area contributed by atoms with Crippen molar-refractivity contribution in [1.29, 1.82) is 0 Å². The molecule has 20 heavy (non-hydrogen) atoms. The molecule has 0 saturated carbocycles. The van der Waals surface area contributed by atoms with E-state index in [0.717, 1.165) is 32.5 Å². The van der Waals surface area contributed by atoms with Crippen LogP contribution in [0.15, 0.2) is 0 Å². The number of carbonyl (C=O) groups excluding carboxylic acids is 1. The highest BCUT2D eigenvalue weighted by atomic mass is 16.5. The molecule has 4 unspecified atom stereocenters. The molecule has 5 nitrogen and oxygen atoms in total. The van der Waals surface area contributed by atoms with Crippen molar-refractivity contribution < 1.29 is 9.53 Å². The van der Waals surface area contributed by atoms with Gasteiger partial charge < -0.3 is 14.5 Å². The lowest BCUT2D eigenvalue weighted by Gasteiger charge is -2.34. The zero-order valence-corrected chi connectivity index (χ0v) is 13.3. The minimum absolute atomic E-state index is 0.0220. The number of ether oxygens (including phenoxy) is 1. The van der Waals surface area contributed by atoms with E-state index < -0.39 is 0 Å². The van der Waals surface area contributed by atoms with Crippen LogP contribution in [0.5, 0.6) is 0 Å². The first-order chi connectivity index (χ1) is 9.56. The molecule has 116 valence electrons. The van der Waals surface area contributed by atoms with Gasteiger partial charge in [-0.3, -0.25) is 10.1 Å². The summed E-state index contributed by atoms with van der Waals surface area (Å²) in [7, 11) is 2.11. The highest BCUT2D eigenvalue weighted by Gasteiger charge is 2.41. The number of likely N-dealkylation sites (N-methyl/N-ethyl adjacent to an activating group) is 1. The van der Waals surface area contributed by atoms with Crippen molar-refractivity contribution in [1.82, 2.24) is 15.1 Å². The molecular weight excluding hydrogens is 254 g/mol. The molecule has 1 N–H and O–H groups in total. The minimum Gasteiger partial charge on any atom is -0.374 e. The molecule has 0 radical (unpaired) electrons. The summed E-state index contributed by atoms with van der Waals surface area (Å²) in [5.41, 5.74) is 0. The molecule has 5 heteroatoms. The van der Waals surface area contributed by atoms with Gasteiger partial charge in [0, 0.05) is 19.6 Å². The Morgan fingerprint density at radius 1 is 1.45 bits per heavy atom. The Bertz CT molecular complexity index is 337. The molecule has 0 bridgehead atoms. The summed E-state index contributed by atoms with van der Waals surface area (Å²) in [5.74, 6) is 0.638. The van der Waals surface area contributed by atoms with E-state index in [9.17, 15) is 4.79 Å². The molecule has 0 aromatic heterocycles. The van der Waals surface area contributed by atoms with Crippen molar-refractivity contribution in [2.75, 3.05) is 33.3 Å². The smallest absolute Gasteiger partial charge is 0.241 e. The molecule has 2 aliphatic rings. The molecular formula is C15H29N3O2. The van der Waals surface area contributed by atoms with Gasteiger partial charge in [-0.05, 0) is 19.4 Å². The Kier molecular flexibility index (Phi) is 5.41. The molecule has 2 rings (SSSR count). The maximum Gasteiger partial charge on any atom is 0.241 e. The summed E-state index contributed by atoms with van der Waals surface area (Å²) in [6.45, 7) is 9.79. The molecule has 2 heterocycles. The van der Waals surface area contributed by atoms with Crippen LogP contribution in [0.1, 0.15) is 33.6 Å². The highest BCUT2D eigenvalue weighted by Crippen LogP contribution is 2.22. The summed E-state index contributed by atoms with van der Waals surface area (Å²) in [6, 6.07) is -0.0220. The summed E-state index contributed by atoms with van der Waals surface area (Å²) in [6.07, 6.45) is 2.28. The number of rotatable bonds is 5. The molecule has 0 aromatic rings. The van der Waals surface area contributed by atoms with Gasteiger partial charge in [-0.1, -0.05) is 27.2 Å². The molecule has 0 spiro atoms. The van der Waals surface area contributed by atoms with Gasteiger partial charge in [0.2, 0.25) is 5.91 Å². The lowest BCUT2D eigenvalue weighted by Crippen LogP contribution is -2.49. The van der Waals surface area contributed by atoms with E-state index in [1.54, 1.807) is 0 Å². The molecule has 1 amide bonds. The standard InChI is InChI=1S/C15H29N3O2/c1-5-11(3)14-15(19)18(13(6-2)16-14)10-12-9-17(4)7-8-20-12/h11-14,16H,5-10H2,1-4H3. The Morgan fingerprint density at radius 2 is 2.20 bits per heavy atom. The van der Waals surface area contributed by atoms with Crippen molar-refractivity contribution >= 4 is 5.91 Å². The molecule has 2 fully saturated rings. The topological polar surface area (TPSA) is 44.8 Å². The average molecular weight is 283 g/mol. The normalized spacial score (nSPS) is 33.7. The van der Waals surface area contributed by atoms with Crippen molar-refractivity contribution in [3.8, 4) is 0 Å². The second-order valence-electron chi connectivity index (χ2n) is 6.20. The Labute approximate surface area is 122 Å². The summed E-state index contributed by atoms with van der Waals surface area (Å²) in [4.78, 5) is 16.9. The van der Waals surface area contributed by atoms with Gasteiger partial charge in [0.05, 0.1) is 24.9 Å². The number of nitrogens with zero attached hydrogens (tertiary/aromatic N) is 2. The molecule has 0 aromatic carbocycles. The quantitative estimate of drug-likeness (QED) is 0.814. The van der Waals surface area contributed by atoms with Gasteiger partial charge in [0.1, 0.15) is 0 Å². The van der Waals surface area contributed by atoms with Crippen molar-refractivity contribution in [2.45, 2.75) is 51.9 Å². The van der Waals surface area contributed by atoms with E-state index in [-0.39, 0.29) is 24.2 Å². The fourth-order valence-corrected chi connectivity index (χ4v) is 3.10. The van der Waals surface area contributed by atoms with Gasteiger partial charge in [0.15, 0.2) is 0 Å². The van der Waals surface area contributed by atoms with Gasteiger partial charge in [-0.25, -0.2) is 0 Å². The zero-order valence-electron chi connectivity index (χ0n) is 13.3. The van der Waals surface area contributed by atoms with Crippen molar-refractivity contribution in [3.63, 3.8) is 0 Å². The van der Waals surface area contributed by atoms with Gasteiger partial charge in [-0.15, -0.1) is 0 Å². The zero-order chi connectivity index (χ0) is 14.7. The monoisotopic (exact) mass is 283 g/mol. The Morgan fingerprint density at radius 3 is 2.80 bits per heavy atom. The predicted molar refractivity (Wildman–Crippen MR) is 79.4 cm³/mol. The van der Waals surface area contributed by atoms with Gasteiger partial charge in [-0.2, -0.15) is 0 Å². The van der Waals surface area contributed by atoms with Crippen LogP contribution in [-0.2, 0) is 9.53 Å².